The van der Waals surface area contributed by atoms with E-state index >= 15 is 0 Å². The van der Waals surface area contributed by atoms with Crippen LogP contribution in [-0.4, -0.2) is 13.1 Å². The van der Waals surface area contributed by atoms with Crippen molar-refractivity contribution in [2.45, 2.75) is 58.4 Å². The van der Waals surface area contributed by atoms with Gasteiger partial charge < -0.3 is 5.32 Å². The summed E-state index contributed by atoms with van der Waals surface area (Å²) in [5.74, 6) is 0.983. The van der Waals surface area contributed by atoms with E-state index in [0.717, 1.165) is 5.92 Å². The fourth-order valence-electron chi connectivity index (χ4n) is 6.56. The highest BCUT2D eigenvalue weighted by molar-refractivity contribution is 5.15. The Kier molecular flexibility index (Phi) is 2.34. The summed E-state index contributed by atoms with van der Waals surface area (Å²) in [7, 11) is 2.11. The van der Waals surface area contributed by atoms with Crippen LogP contribution in [0.2, 0.25) is 0 Å². The molecular formula is C16H27N. The molecule has 0 aromatic carbocycles. The zero-order chi connectivity index (χ0) is 12.3. The van der Waals surface area contributed by atoms with Gasteiger partial charge in [-0.2, -0.15) is 0 Å². The number of likely N-dealkylation sites (N-methyl/N-ethyl adjacent to an activating group) is 1. The predicted octanol–water partition coefficient (Wildman–Crippen LogP) is 3.76. The van der Waals surface area contributed by atoms with Gasteiger partial charge in [0.15, 0.2) is 0 Å². The summed E-state index contributed by atoms with van der Waals surface area (Å²) in [6.45, 7) is 9.16. The Morgan fingerprint density at radius 2 is 1.71 bits per heavy atom. The molecule has 0 saturated heterocycles. The molecule has 0 amide bonds. The maximum absolute atomic E-state index is 4.07. The SMILES string of the molecule is C=CC(NC)C12CC3CC(C)(CC(C)(C3)C1)C2. The Morgan fingerprint density at radius 3 is 2.12 bits per heavy atom. The molecule has 0 spiro atoms. The van der Waals surface area contributed by atoms with Crippen LogP contribution in [0.15, 0.2) is 12.7 Å². The summed E-state index contributed by atoms with van der Waals surface area (Å²) in [6.07, 6.45) is 10.9. The molecule has 1 heteroatoms. The molecule has 17 heavy (non-hydrogen) atoms. The highest BCUT2D eigenvalue weighted by Crippen LogP contribution is 2.70. The summed E-state index contributed by atoms with van der Waals surface area (Å²) >= 11 is 0. The van der Waals surface area contributed by atoms with Crippen molar-refractivity contribution in [2.24, 2.45) is 22.2 Å². The Balaban J connectivity index is 1.99. The minimum atomic E-state index is 0.513. The van der Waals surface area contributed by atoms with Crippen LogP contribution in [0.3, 0.4) is 0 Å². The lowest BCUT2D eigenvalue weighted by Gasteiger charge is -2.67. The molecule has 0 aromatic rings. The first-order chi connectivity index (χ1) is 7.93. The maximum atomic E-state index is 4.07. The molecule has 0 aromatic heterocycles. The molecule has 0 radical (unpaired) electrons. The molecule has 4 bridgehead atoms. The van der Waals surface area contributed by atoms with Crippen molar-refractivity contribution in [3.63, 3.8) is 0 Å². The normalized spacial score (nSPS) is 53.7. The van der Waals surface area contributed by atoms with Crippen LogP contribution >= 0.6 is 0 Å². The van der Waals surface area contributed by atoms with Gasteiger partial charge in [0.2, 0.25) is 0 Å². The van der Waals surface area contributed by atoms with Gasteiger partial charge in [-0.15, -0.1) is 6.58 Å². The van der Waals surface area contributed by atoms with Crippen molar-refractivity contribution in [3.05, 3.63) is 12.7 Å². The van der Waals surface area contributed by atoms with Gasteiger partial charge >= 0.3 is 0 Å². The molecule has 4 fully saturated rings. The van der Waals surface area contributed by atoms with Crippen LogP contribution in [0.5, 0.6) is 0 Å². The molecule has 4 rings (SSSR count). The number of hydrogen-bond donors (Lipinski definition) is 1. The zero-order valence-corrected chi connectivity index (χ0v) is 11.7. The van der Waals surface area contributed by atoms with E-state index in [1.165, 1.54) is 38.5 Å². The number of hydrogen-bond acceptors (Lipinski definition) is 1. The molecule has 0 aliphatic heterocycles. The Morgan fingerprint density at radius 1 is 1.12 bits per heavy atom. The van der Waals surface area contributed by atoms with Crippen molar-refractivity contribution in [2.75, 3.05) is 7.05 Å². The highest BCUT2D eigenvalue weighted by atomic mass is 14.9. The van der Waals surface area contributed by atoms with Gasteiger partial charge in [-0.25, -0.2) is 0 Å². The van der Waals surface area contributed by atoms with E-state index in [1.54, 1.807) is 0 Å². The zero-order valence-electron chi connectivity index (χ0n) is 11.7. The van der Waals surface area contributed by atoms with E-state index < -0.39 is 0 Å². The van der Waals surface area contributed by atoms with Crippen molar-refractivity contribution in [3.8, 4) is 0 Å². The minimum Gasteiger partial charge on any atom is -0.313 e. The lowest BCUT2D eigenvalue weighted by Crippen LogP contribution is -2.60. The smallest absolute Gasteiger partial charge is 0.0301 e. The molecule has 96 valence electrons. The third-order valence-electron chi connectivity index (χ3n) is 5.88. The quantitative estimate of drug-likeness (QED) is 0.732. The van der Waals surface area contributed by atoms with E-state index in [9.17, 15) is 0 Å². The van der Waals surface area contributed by atoms with Crippen molar-refractivity contribution < 1.29 is 0 Å². The summed E-state index contributed by atoms with van der Waals surface area (Å²) in [5, 5.41) is 3.53. The van der Waals surface area contributed by atoms with Gasteiger partial charge in [0.25, 0.3) is 0 Å². The van der Waals surface area contributed by atoms with Crippen LogP contribution in [0.1, 0.15) is 52.4 Å². The van der Waals surface area contributed by atoms with E-state index in [4.69, 9.17) is 0 Å². The van der Waals surface area contributed by atoms with Crippen LogP contribution < -0.4 is 5.32 Å². The third kappa shape index (κ3) is 1.62. The van der Waals surface area contributed by atoms with Gasteiger partial charge in [0.1, 0.15) is 0 Å². The molecule has 4 aliphatic carbocycles. The largest absolute Gasteiger partial charge is 0.313 e. The fraction of sp³-hybridized carbons (Fsp3) is 0.875. The van der Waals surface area contributed by atoms with Gasteiger partial charge in [-0.05, 0) is 67.7 Å². The molecule has 4 aliphatic rings. The number of rotatable bonds is 3. The Bertz CT molecular complexity index is 327. The molecule has 3 unspecified atom stereocenters. The summed E-state index contributed by atoms with van der Waals surface area (Å²) < 4.78 is 0. The average molecular weight is 233 g/mol. The van der Waals surface area contributed by atoms with Gasteiger partial charge in [0.05, 0.1) is 0 Å². The van der Waals surface area contributed by atoms with Crippen molar-refractivity contribution >= 4 is 0 Å². The molecule has 0 heterocycles. The Hall–Kier alpha value is -0.300. The van der Waals surface area contributed by atoms with Gasteiger partial charge in [0, 0.05) is 6.04 Å². The fourth-order valence-corrected chi connectivity index (χ4v) is 6.56. The lowest BCUT2D eigenvalue weighted by atomic mass is 9.39. The molecular weight excluding hydrogens is 206 g/mol. The van der Waals surface area contributed by atoms with E-state index in [-0.39, 0.29) is 0 Å². The Labute approximate surface area is 106 Å². The summed E-state index contributed by atoms with van der Waals surface area (Å²) in [4.78, 5) is 0. The molecule has 4 saturated carbocycles. The maximum Gasteiger partial charge on any atom is 0.0301 e. The van der Waals surface area contributed by atoms with E-state index in [1.807, 2.05) is 0 Å². The number of nitrogens with one attached hydrogen (secondary N) is 1. The first-order valence-electron chi connectivity index (χ1n) is 7.23. The second-order valence-corrected chi connectivity index (χ2v) is 7.99. The van der Waals surface area contributed by atoms with Crippen LogP contribution in [0.4, 0.5) is 0 Å². The van der Waals surface area contributed by atoms with Crippen molar-refractivity contribution in [1.82, 2.24) is 5.32 Å². The molecule has 1 nitrogen and oxygen atoms in total. The monoisotopic (exact) mass is 233 g/mol. The second-order valence-electron chi connectivity index (χ2n) is 7.99. The van der Waals surface area contributed by atoms with E-state index in [0.29, 0.717) is 22.3 Å². The summed E-state index contributed by atoms with van der Waals surface area (Å²) in [6, 6.07) is 0.518. The topological polar surface area (TPSA) is 12.0 Å². The third-order valence-corrected chi connectivity index (χ3v) is 5.88. The van der Waals surface area contributed by atoms with E-state index in [2.05, 4.69) is 38.9 Å². The first-order valence-corrected chi connectivity index (χ1v) is 7.23. The van der Waals surface area contributed by atoms with Crippen molar-refractivity contribution in [1.29, 1.82) is 0 Å². The molecule has 1 N–H and O–H groups in total. The van der Waals surface area contributed by atoms with Gasteiger partial charge in [-0.1, -0.05) is 19.9 Å². The van der Waals surface area contributed by atoms with Crippen LogP contribution in [-0.2, 0) is 0 Å². The standard InChI is InChI=1S/C16H27N/c1-5-13(17-4)16-8-12-6-14(2,10-16)9-15(3,7-12)11-16/h5,12-13,17H,1,6-11H2,2-4H3. The molecule has 3 atom stereocenters. The highest BCUT2D eigenvalue weighted by Gasteiger charge is 2.61. The van der Waals surface area contributed by atoms with Crippen LogP contribution in [0.25, 0.3) is 0 Å². The van der Waals surface area contributed by atoms with Gasteiger partial charge in [-0.3, -0.25) is 0 Å². The lowest BCUT2D eigenvalue weighted by molar-refractivity contribution is -0.151. The van der Waals surface area contributed by atoms with Crippen LogP contribution in [0, 0.1) is 22.2 Å². The predicted molar refractivity (Wildman–Crippen MR) is 72.9 cm³/mol. The average Bonchev–Trinajstić information content (AvgIpc) is 2.12. The summed E-state index contributed by atoms with van der Waals surface area (Å²) in [5.41, 5.74) is 1.75. The second kappa shape index (κ2) is 3.38. The minimum absolute atomic E-state index is 0.513. The first kappa shape index (κ1) is 11.8.